The summed E-state index contributed by atoms with van der Waals surface area (Å²) in [5, 5.41) is 10.9. The van der Waals surface area contributed by atoms with E-state index in [4.69, 9.17) is 14.7 Å². The first-order valence-electron chi connectivity index (χ1n) is 8.63. The van der Waals surface area contributed by atoms with Gasteiger partial charge in [0.05, 0.1) is 22.7 Å². The van der Waals surface area contributed by atoms with E-state index in [2.05, 4.69) is 0 Å². The molecule has 2 heterocycles. The molecule has 1 aliphatic heterocycles. The fourth-order valence-corrected chi connectivity index (χ4v) is 5.16. The molecule has 0 atom stereocenters. The van der Waals surface area contributed by atoms with Gasteiger partial charge in [0.25, 0.3) is 10.0 Å². The summed E-state index contributed by atoms with van der Waals surface area (Å²) < 4.78 is 52.9. The summed E-state index contributed by atoms with van der Waals surface area (Å²) in [6.45, 7) is 0.882. The zero-order valence-electron chi connectivity index (χ0n) is 15.0. The lowest BCUT2D eigenvalue weighted by molar-refractivity contribution is 0.171. The molecule has 9 heteroatoms. The minimum Gasteiger partial charge on any atom is -0.486 e. The lowest BCUT2D eigenvalue weighted by atomic mass is 10.2. The molecule has 1 aliphatic rings. The van der Waals surface area contributed by atoms with Gasteiger partial charge in [-0.15, -0.1) is 11.3 Å². The molecule has 0 radical (unpaired) electrons. The lowest BCUT2D eigenvalue weighted by Crippen LogP contribution is -2.30. The van der Waals surface area contributed by atoms with Crippen LogP contribution < -0.4 is 13.8 Å². The minimum atomic E-state index is -4.08. The summed E-state index contributed by atoms with van der Waals surface area (Å²) in [6, 6.07) is 13.4. The highest BCUT2D eigenvalue weighted by molar-refractivity contribution is 7.92. The van der Waals surface area contributed by atoms with Gasteiger partial charge in [0.1, 0.15) is 25.1 Å². The predicted octanol–water partition coefficient (Wildman–Crippen LogP) is 3.93. The van der Waals surface area contributed by atoms with Gasteiger partial charge in [0.2, 0.25) is 0 Å². The third-order valence-corrected chi connectivity index (χ3v) is 6.97. The molecule has 6 nitrogen and oxygen atoms in total. The first-order valence-corrected chi connectivity index (χ1v) is 11.0. The predicted molar refractivity (Wildman–Crippen MR) is 106 cm³/mol. The Kier molecular flexibility index (Phi) is 5.13. The molecule has 0 spiro atoms. The number of hydrogen-bond acceptors (Lipinski definition) is 6. The van der Waals surface area contributed by atoms with Crippen LogP contribution >= 0.6 is 11.3 Å². The van der Waals surface area contributed by atoms with Crippen LogP contribution in [0.3, 0.4) is 0 Å². The Hall–Kier alpha value is -3.09. The molecule has 29 heavy (non-hydrogen) atoms. The standard InChI is InChI=1S/C20H15FN2O4S2/c21-18-5-4-17(10-14(18)12-22)29(24,25)23(13-16-2-1-9-28-16)15-3-6-19-20(11-15)27-8-7-26-19/h1-6,9-11H,7-8,13H2. The summed E-state index contributed by atoms with van der Waals surface area (Å²) in [7, 11) is -4.08. The van der Waals surface area contributed by atoms with Gasteiger partial charge in [-0.3, -0.25) is 4.31 Å². The number of ether oxygens (including phenoxy) is 2. The van der Waals surface area contributed by atoms with Crippen molar-refractivity contribution in [2.24, 2.45) is 0 Å². The van der Waals surface area contributed by atoms with Crippen LogP contribution in [0, 0.1) is 17.1 Å². The maximum absolute atomic E-state index is 13.7. The zero-order chi connectivity index (χ0) is 20.4. The van der Waals surface area contributed by atoms with Crippen LogP contribution in [-0.2, 0) is 16.6 Å². The van der Waals surface area contributed by atoms with Crippen LogP contribution in [0.15, 0.2) is 58.8 Å². The van der Waals surface area contributed by atoms with Crippen LogP contribution in [0.4, 0.5) is 10.1 Å². The summed E-state index contributed by atoms with van der Waals surface area (Å²) in [5.41, 5.74) is 0.0507. The average molecular weight is 430 g/mol. The Morgan fingerprint density at radius 3 is 2.62 bits per heavy atom. The number of halogens is 1. The average Bonchev–Trinajstić information content (AvgIpc) is 3.25. The molecule has 0 N–H and O–H groups in total. The van der Waals surface area contributed by atoms with Gasteiger partial charge >= 0.3 is 0 Å². The number of anilines is 1. The Labute approximate surface area is 171 Å². The molecule has 4 rings (SSSR count). The molecule has 0 unspecified atom stereocenters. The van der Waals surface area contributed by atoms with E-state index in [9.17, 15) is 12.8 Å². The van der Waals surface area contributed by atoms with Crippen molar-refractivity contribution >= 4 is 27.0 Å². The highest BCUT2D eigenvalue weighted by atomic mass is 32.2. The molecule has 0 amide bonds. The Balaban J connectivity index is 1.81. The normalized spacial score (nSPS) is 13.0. The van der Waals surface area contributed by atoms with Crippen LogP contribution in [0.1, 0.15) is 10.4 Å². The van der Waals surface area contributed by atoms with Crippen molar-refractivity contribution in [3.8, 4) is 17.6 Å². The van der Waals surface area contributed by atoms with Crippen molar-refractivity contribution in [1.82, 2.24) is 0 Å². The number of hydrogen-bond donors (Lipinski definition) is 0. The highest BCUT2D eigenvalue weighted by Gasteiger charge is 2.28. The highest BCUT2D eigenvalue weighted by Crippen LogP contribution is 2.36. The number of fused-ring (bicyclic) bond motifs is 1. The molecular formula is C20H15FN2O4S2. The monoisotopic (exact) mass is 430 g/mol. The molecule has 0 aliphatic carbocycles. The Morgan fingerprint density at radius 2 is 1.90 bits per heavy atom. The fourth-order valence-electron chi connectivity index (χ4n) is 2.92. The first-order chi connectivity index (χ1) is 14.0. The Bertz CT molecular complexity index is 1190. The molecule has 0 saturated heterocycles. The molecule has 1 aromatic heterocycles. The summed E-state index contributed by atoms with van der Waals surface area (Å²) in [6.07, 6.45) is 0. The van der Waals surface area contributed by atoms with Crippen molar-refractivity contribution in [1.29, 1.82) is 5.26 Å². The van der Waals surface area contributed by atoms with Gasteiger partial charge in [-0.05, 0) is 41.8 Å². The van der Waals surface area contributed by atoms with Crippen molar-refractivity contribution in [3.63, 3.8) is 0 Å². The second kappa shape index (κ2) is 7.73. The van der Waals surface area contributed by atoms with E-state index in [1.807, 2.05) is 17.5 Å². The summed E-state index contributed by atoms with van der Waals surface area (Å²) >= 11 is 1.42. The fraction of sp³-hybridized carbons (Fsp3) is 0.150. The van der Waals surface area contributed by atoms with Crippen LogP contribution in [0.25, 0.3) is 0 Å². The largest absolute Gasteiger partial charge is 0.486 e. The molecule has 0 bridgehead atoms. The maximum Gasteiger partial charge on any atom is 0.264 e. The number of nitriles is 1. The number of benzene rings is 2. The number of rotatable bonds is 5. The maximum atomic E-state index is 13.7. The summed E-state index contributed by atoms with van der Waals surface area (Å²) in [4.78, 5) is 0.660. The molecule has 2 aromatic carbocycles. The minimum absolute atomic E-state index is 0.0822. The Morgan fingerprint density at radius 1 is 1.10 bits per heavy atom. The topological polar surface area (TPSA) is 79.6 Å². The smallest absolute Gasteiger partial charge is 0.264 e. The number of nitrogens with zero attached hydrogens (tertiary/aromatic N) is 2. The molecule has 0 saturated carbocycles. The zero-order valence-corrected chi connectivity index (χ0v) is 16.7. The summed E-state index contributed by atoms with van der Waals surface area (Å²) in [5.74, 6) is 0.231. The van der Waals surface area contributed by atoms with E-state index in [1.165, 1.54) is 15.6 Å². The van der Waals surface area contributed by atoms with Crippen LogP contribution in [0.2, 0.25) is 0 Å². The third-order valence-electron chi connectivity index (χ3n) is 4.34. The van der Waals surface area contributed by atoms with Crippen molar-refractivity contribution in [2.75, 3.05) is 17.5 Å². The van der Waals surface area contributed by atoms with Gasteiger partial charge in [-0.1, -0.05) is 6.07 Å². The second-order valence-electron chi connectivity index (χ2n) is 6.17. The van der Waals surface area contributed by atoms with Crippen molar-refractivity contribution in [3.05, 3.63) is 70.2 Å². The van der Waals surface area contributed by atoms with Gasteiger partial charge in [-0.2, -0.15) is 5.26 Å². The molecule has 148 valence electrons. The van der Waals surface area contributed by atoms with E-state index >= 15 is 0 Å². The first kappa shape index (κ1) is 19.2. The van der Waals surface area contributed by atoms with Crippen molar-refractivity contribution < 1.29 is 22.3 Å². The van der Waals surface area contributed by atoms with E-state index < -0.39 is 15.8 Å². The van der Waals surface area contributed by atoms with E-state index in [-0.39, 0.29) is 17.0 Å². The third kappa shape index (κ3) is 3.77. The van der Waals surface area contributed by atoms with Crippen LogP contribution in [-0.4, -0.2) is 21.6 Å². The molecular weight excluding hydrogens is 415 g/mol. The van der Waals surface area contributed by atoms with Gasteiger partial charge < -0.3 is 9.47 Å². The van der Waals surface area contributed by atoms with Crippen LogP contribution in [0.5, 0.6) is 11.5 Å². The quantitative estimate of drug-likeness (QED) is 0.613. The molecule has 3 aromatic rings. The van der Waals surface area contributed by atoms with Gasteiger partial charge in [-0.25, -0.2) is 12.8 Å². The SMILES string of the molecule is N#Cc1cc(S(=O)(=O)N(Cc2cccs2)c2ccc3c(c2)OCCO3)ccc1F. The van der Waals surface area contributed by atoms with Crippen molar-refractivity contribution in [2.45, 2.75) is 11.4 Å². The second-order valence-corrected chi connectivity index (χ2v) is 9.07. The van der Waals surface area contributed by atoms with Gasteiger partial charge in [0, 0.05) is 10.9 Å². The molecule has 0 fully saturated rings. The van der Waals surface area contributed by atoms with E-state index in [0.29, 0.717) is 30.4 Å². The van der Waals surface area contributed by atoms with E-state index in [0.717, 1.165) is 23.1 Å². The van der Waals surface area contributed by atoms with Gasteiger partial charge in [0.15, 0.2) is 11.5 Å². The number of thiophene rings is 1. The number of sulfonamides is 1. The van der Waals surface area contributed by atoms with E-state index in [1.54, 1.807) is 24.3 Å². The lowest BCUT2D eigenvalue weighted by Gasteiger charge is -2.26.